The minimum Gasteiger partial charge on any atom is -0.340 e. The molecule has 0 spiro atoms. The van der Waals surface area contributed by atoms with Gasteiger partial charge in [0, 0.05) is 26.2 Å². The highest BCUT2D eigenvalue weighted by molar-refractivity contribution is 8.23. The molecule has 12 heteroatoms. The molecule has 25 heavy (non-hydrogen) atoms. The van der Waals surface area contributed by atoms with Crippen molar-refractivity contribution in [1.29, 1.82) is 0 Å². The number of hydrogen-bond acceptors (Lipinski definition) is 7. The molecule has 0 aliphatic carbocycles. The third-order valence-electron chi connectivity index (χ3n) is 4.03. The van der Waals surface area contributed by atoms with E-state index in [1.165, 1.54) is 33.5 Å². The molecule has 136 valence electrons. The SMILES string of the molecule is O=C(CN1C(=O)CSC1=S)N1CCCN(S(=O)(=O)c2cnc[nH]2)CC1. The molecule has 2 saturated heterocycles. The zero-order chi connectivity index (χ0) is 18.0. The Bertz CT molecular complexity index is 764. The predicted octanol–water partition coefficient (Wildman–Crippen LogP) is -0.507. The van der Waals surface area contributed by atoms with Crippen LogP contribution in [0.25, 0.3) is 0 Å². The minimum atomic E-state index is -3.64. The zero-order valence-electron chi connectivity index (χ0n) is 13.3. The highest BCUT2D eigenvalue weighted by atomic mass is 32.2. The molecule has 9 nitrogen and oxygen atoms in total. The maximum Gasteiger partial charge on any atom is 0.260 e. The molecule has 0 aromatic carbocycles. The number of carbonyl (C=O) groups is 2. The van der Waals surface area contributed by atoms with Crippen LogP contribution >= 0.6 is 24.0 Å². The van der Waals surface area contributed by atoms with Gasteiger partial charge in [0.15, 0.2) is 5.03 Å². The number of aromatic nitrogens is 2. The quantitative estimate of drug-likeness (QED) is 0.675. The van der Waals surface area contributed by atoms with Crippen molar-refractivity contribution < 1.29 is 18.0 Å². The highest BCUT2D eigenvalue weighted by Crippen LogP contribution is 2.20. The summed E-state index contributed by atoms with van der Waals surface area (Å²) in [6.07, 6.45) is 3.10. The van der Waals surface area contributed by atoms with Gasteiger partial charge in [0.05, 0.1) is 18.3 Å². The number of thiocarbonyl (C=S) groups is 1. The Kier molecular flexibility index (Phi) is 5.41. The molecule has 1 aromatic heterocycles. The van der Waals surface area contributed by atoms with Crippen molar-refractivity contribution in [3.63, 3.8) is 0 Å². The molecule has 2 aliphatic rings. The maximum atomic E-state index is 12.5. The molecule has 0 saturated carbocycles. The van der Waals surface area contributed by atoms with Crippen LogP contribution in [0, 0.1) is 0 Å². The summed E-state index contributed by atoms with van der Waals surface area (Å²) in [5, 5.41) is 0.0392. The fourth-order valence-corrected chi connectivity index (χ4v) is 5.11. The lowest BCUT2D eigenvalue weighted by molar-refractivity contribution is -0.135. The average molecular weight is 404 g/mol. The molecule has 2 aliphatic heterocycles. The van der Waals surface area contributed by atoms with Crippen molar-refractivity contribution in [1.82, 2.24) is 24.1 Å². The van der Waals surface area contributed by atoms with Crippen molar-refractivity contribution in [2.24, 2.45) is 0 Å². The summed E-state index contributed by atoms with van der Waals surface area (Å²) in [6, 6.07) is 0. The normalized spacial score (nSPS) is 20.2. The Morgan fingerprint density at radius 1 is 1.32 bits per heavy atom. The summed E-state index contributed by atoms with van der Waals surface area (Å²) in [5.41, 5.74) is 0. The molecule has 2 amide bonds. The number of rotatable bonds is 4. The van der Waals surface area contributed by atoms with Crippen LogP contribution in [0.15, 0.2) is 17.6 Å². The van der Waals surface area contributed by atoms with Crippen molar-refractivity contribution in [2.75, 3.05) is 38.5 Å². The van der Waals surface area contributed by atoms with Crippen LogP contribution in [0.2, 0.25) is 0 Å². The van der Waals surface area contributed by atoms with Crippen molar-refractivity contribution in [3.8, 4) is 0 Å². The number of H-pyrrole nitrogens is 1. The van der Waals surface area contributed by atoms with E-state index in [0.717, 1.165) is 0 Å². The second-order valence-corrected chi connectivity index (χ2v) is 9.10. The van der Waals surface area contributed by atoms with Gasteiger partial charge in [0.1, 0.15) is 10.9 Å². The van der Waals surface area contributed by atoms with Gasteiger partial charge < -0.3 is 9.88 Å². The third kappa shape index (κ3) is 3.86. The van der Waals surface area contributed by atoms with Crippen LogP contribution < -0.4 is 0 Å². The Labute approximate surface area is 154 Å². The molecular weight excluding hydrogens is 386 g/mol. The summed E-state index contributed by atoms with van der Waals surface area (Å²) in [5.74, 6) is -0.122. The van der Waals surface area contributed by atoms with Crippen molar-refractivity contribution in [2.45, 2.75) is 11.4 Å². The first-order valence-corrected chi connectivity index (χ1v) is 10.5. The van der Waals surface area contributed by atoms with Crippen LogP contribution in [0.1, 0.15) is 6.42 Å². The monoisotopic (exact) mass is 403 g/mol. The second kappa shape index (κ2) is 7.40. The number of nitrogens with one attached hydrogen (secondary N) is 1. The van der Waals surface area contributed by atoms with Gasteiger partial charge in [-0.05, 0) is 6.42 Å². The van der Waals surface area contributed by atoms with Gasteiger partial charge in [0.2, 0.25) is 11.8 Å². The summed E-state index contributed by atoms with van der Waals surface area (Å²) >= 11 is 6.33. The number of amides is 2. The van der Waals surface area contributed by atoms with E-state index in [4.69, 9.17) is 12.2 Å². The smallest absolute Gasteiger partial charge is 0.260 e. The fourth-order valence-electron chi connectivity index (χ4n) is 2.68. The third-order valence-corrected chi connectivity index (χ3v) is 7.29. The summed E-state index contributed by atoms with van der Waals surface area (Å²) < 4.78 is 26.8. The molecule has 0 unspecified atom stereocenters. The van der Waals surface area contributed by atoms with E-state index >= 15 is 0 Å². The molecule has 2 fully saturated rings. The van der Waals surface area contributed by atoms with E-state index in [1.54, 1.807) is 4.90 Å². The van der Waals surface area contributed by atoms with E-state index < -0.39 is 10.0 Å². The summed E-state index contributed by atoms with van der Waals surface area (Å²) in [6.45, 7) is 1.14. The van der Waals surface area contributed by atoms with Crippen molar-refractivity contribution in [3.05, 3.63) is 12.5 Å². The maximum absolute atomic E-state index is 12.5. The molecule has 1 N–H and O–H groups in total. The number of aromatic amines is 1. The number of carbonyl (C=O) groups excluding carboxylic acids is 2. The number of sulfonamides is 1. The highest BCUT2D eigenvalue weighted by Gasteiger charge is 2.32. The lowest BCUT2D eigenvalue weighted by Gasteiger charge is -2.24. The zero-order valence-corrected chi connectivity index (χ0v) is 15.7. The van der Waals surface area contributed by atoms with Gasteiger partial charge in [-0.2, -0.15) is 4.31 Å². The van der Waals surface area contributed by atoms with Gasteiger partial charge in [-0.1, -0.05) is 24.0 Å². The van der Waals surface area contributed by atoms with Gasteiger partial charge in [-0.3, -0.25) is 14.5 Å². The second-order valence-electron chi connectivity index (χ2n) is 5.59. The first-order valence-electron chi connectivity index (χ1n) is 7.63. The lowest BCUT2D eigenvalue weighted by Crippen LogP contribution is -2.44. The number of hydrogen-bond donors (Lipinski definition) is 1. The van der Waals surface area contributed by atoms with Gasteiger partial charge >= 0.3 is 0 Å². The lowest BCUT2D eigenvalue weighted by atomic mass is 10.3. The number of thioether (sulfide) groups is 1. The van der Waals surface area contributed by atoms with E-state index in [0.29, 0.717) is 23.8 Å². The Balaban J connectivity index is 1.63. The molecule has 0 bridgehead atoms. The number of nitrogens with zero attached hydrogens (tertiary/aromatic N) is 4. The molecule has 0 radical (unpaired) electrons. The topological polar surface area (TPSA) is 107 Å². The van der Waals surface area contributed by atoms with Gasteiger partial charge in [-0.15, -0.1) is 0 Å². The Hall–Kier alpha value is -1.50. The van der Waals surface area contributed by atoms with Gasteiger partial charge in [-0.25, -0.2) is 13.4 Å². The predicted molar refractivity (Wildman–Crippen MR) is 95.3 cm³/mol. The molecule has 0 atom stereocenters. The molecular formula is C13H17N5O4S3. The number of imidazole rings is 1. The van der Waals surface area contributed by atoms with E-state index in [-0.39, 0.29) is 42.2 Å². The van der Waals surface area contributed by atoms with Gasteiger partial charge in [0.25, 0.3) is 10.0 Å². The molecule has 3 rings (SSSR count). The molecule has 1 aromatic rings. The van der Waals surface area contributed by atoms with Crippen LogP contribution in [-0.4, -0.2) is 87.1 Å². The first-order chi connectivity index (χ1) is 11.9. The standard InChI is InChI=1S/C13H17N5O4S3/c19-11(7-18-12(20)8-24-13(18)23)16-2-1-3-17(5-4-16)25(21,22)10-6-14-9-15-10/h6,9H,1-5,7-8H2,(H,14,15). The van der Waals surface area contributed by atoms with Crippen LogP contribution in [0.5, 0.6) is 0 Å². The van der Waals surface area contributed by atoms with E-state index in [2.05, 4.69) is 9.97 Å². The Morgan fingerprint density at radius 3 is 2.76 bits per heavy atom. The summed E-state index contributed by atoms with van der Waals surface area (Å²) in [4.78, 5) is 33.4. The average Bonchev–Trinajstić information content (AvgIpc) is 3.14. The van der Waals surface area contributed by atoms with E-state index in [1.807, 2.05) is 0 Å². The first kappa shape index (κ1) is 18.3. The van der Waals surface area contributed by atoms with E-state index in [9.17, 15) is 18.0 Å². The molecule has 3 heterocycles. The fraction of sp³-hybridized carbons (Fsp3) is 0.538. The minimum absolute atomic E-state index is 0.0392. The van der Waals surface area contributed by atoms with Crippen LogP contribution in [0.3, 0.4) is 0 Å². The van der Waals surface area contributed by atoms with Crippen molar-refractivity contribution >= 4 is 50.1 Å². The Morgan fingerprint density at radius 2 is 2.12 bits per heavy atom. The van der Waals surface area contributed by atoms with Crippen LogP contribution in [-0.2, 0) is 19.6 Å². The van der Waals surface area contributed by atoms with Crippen LogP contribution in [0.4, 0.5) is 0 Å². The summed E-state index contributed by atoms with van der Waals surface area (Å²) in [7, 11) is -3.64. The largest absolute Gasteiger partial charge is 0.340 e.